The monoisotopic (exact) mass is 329 g/mol. The number of anilines is 2. The van der Waals surface area contributed by atoms with Crippen LogP contribution in [0.1, 0.15) is 12.1 Å². The Balaban J connectivity index is 1.70. The predicted octanol–water partition coefficient (Wildman–Crippen LogP) is 3.04. The summed E-state index contributed by atoms with van der Waals surface area (Å²) in [5, 5.41) is 3.34. The summed E-state index contributed by atoms with van der Waals surface area (Å²) in [6.07, 6.45) is 0.185. The minimum absolute atomic E-state index is 0.0791. The molecule has 0 radical (unpaired) electrons. The van der Waals surface area contributed by atoms with E-state index in [-0.39, 0.29) is 18.2 Å². The van der Waals surface area contributed by atoms with E-state index in [2.05, 4.69) is 10.3 Å². The van der Waals surface area contributed by atoms with Crippen molar-refractivity contribution in [3.63, 3.8) is 0 Å². The van der Waals surface area contributed by atoms with Crippen LogP contribution in [0.3, 0.4) is 0 Å². The van der Waals surface area contributed by atoms with E-state index < -0.39 is 5.92 Å². The summed E-state index contributed by atoms with van der Waals surface area (Å²) in [6.45, 7) is 2.20. The molecule has 3 rings (SSSR count). The van der Waals surface area contributed by atoms with Gasteiger partial charge in [0.2, 0.25) is 11.8 Å². The smallest absolute Gasteiger partial charge is 0.230 e. The molecule has 0 aliphatic carbocycles. The second-order valence-electron chi connectivity index (χ2n) is 5.54. The SMILES string of the molecule is Cc1cccc(NC(=O)C2CC(=O)N(c3cccc(Cl)c3)C2)n1. The average Bonchev–Trinajstić information content (AvgIpc) is 2.89. The van der Waals surface area contributed by atoms with Crippen LogP contribution in [0.25, 0.3) is 0 Å². The molecule has 2 aromatic rings. The third-order valence-electron chi connectivity index (χ3n) is 3.76. The topological polar surface area (TPSA) is 62.3 Å². The molecule has 5 nitrogen and oxygen atoms in total. The fourth-order valence-electron chi connectivity index (χ4n) is 2.62. The zero-order chi connectivity index (χ0) is 16.4. The third kappa shape index (κ3) is 3.51. The Morgan fingerprint density at radius 3 is 2.83 bits per heavy atom. The van der Waals surface area contributed by atoms with Crippen LogP contribution >= 0.6 is 11.6 Å². The largest absolute Gasteiger partial charge is 0.312 e. The second-order valence-corrected chi connectivity index (χ2v) is 5.98. The van der Waals surface area contributed by atoms with Crippen LogP contribution in [-0.4, -0.2) is 23.3 Å². The van der Waals surface area contributed by atoms with Gasteiger partial charge in [0, 0.05) is 29.4 Å². The van der Waals surface area contributed by atoms with Gasteiger partial charge in [0.15, 0.2) is 0 Å². The molecule has 1 aliphatic heterocycles. The number of carbonyl (C=O) groups is 2. The van der Waals surface area contributed by atoms with Crippen LogP contribution in [0, 0.1) is 12.8 Å². The Morgan fingerprint density at radius 2 is 2.09 bits per heavy atom. The molecule has 1 aliphatic rings. The van der Waals surface area contributed by atoms with Gasteiger partial charge in [-0.1, -0.05) is 23.7 Å². The summed E-state index contributed by atoms with van der Waals surface area (Å²) < 4.78 is 0. The number of pyridine rings is 1. The molecule has 2 amide bonds. The molecule has 1 saturated heterocycles. The van der Waals surface area contributed by atoms with E-state index in [1.165, 1.54) is 0 Å². The van der Waals surface area contributed by atoms with Gasteiger partial charge < -0.3 is 10.2 Å². The van der Waals surface area contributed by atoms with E-state index in [0.29, 0.717) is 23.1 Å². The number of carbonyl (C=O) groups excluding carboxylic acids is 2. The minimum Gasteiger partial charge on any atom is -0.312 e. The normalized spacial score (nSPS) is 17.4. The van der Waals surface area contributed by atoms with Crippen molar-refractivity contribution in [3.8, 4) is 0 Å². The second kappa shape index (κ2) is 6.38. The number of halogens is 1. The molecule has 118 valence electrons. The molecule has 1 aromatic heterocycles. The first-order valence-corrected chi connectivity index (χ1v) is 7.71. The predicted molar refractivity (Wildman–Crippen MR) is 89.5 cm³/mol. The zero-order valence-corrected chi connectivity index (χ0v) is 13.4. The number of hydrogen-bond donors (Lipinski definition) is 1. The molecule has 0 saturated carbocycles. The van der Waals surface area contributed by atoms with Gasteiger partial charge in [0.05, 0.1) is 5.92 Å². The van der Waals surface area contributed by atoms with Crippen molar-refractivity contribution in [1.29, 1.82) is 0 Å². The standard InChI is InChI=1S/C17H16ClN3O2/c1-11-4-2-7-15(19-11)20-17(23)12-8-16(22)21(10-12)14-6-3-5-13(18)9-14/h2-7,9,12H,8,10H2,1H3,(H,19,20,23). The molecular formula is C17H16ClN3O2. The van der Waals surface area contributed by atoms with E-state index in [1.54, 1.807) is 29.2 Å². The van der Waals surface area contributed by atoms with E-state index in [0.717, 1.165) is 5.69 Å². The summed E-state index contributed by atoms with van der Waals surface area (Å²) in [4.78, 5) is 30.4. The lowest BCUT2D eigenvalue weighted by molar-refractivity contribution is -0.122. The summed E-state index contributed by atoms with van der Waals surface area (Å²) in [5.41, 5.74) is 1.54. The molecule has 1 unspecified atom stereocenters. The first-order valence-electron chi connectivity index (χ1n) is 7.33. The lowest BCUT2D eigenvalue weighted by atomic mass is 10.1. The van der Waals surface area contributed by atoms with E-state index >= 15 is 0 Å². The van der Waals surface area contributed by atoms with Crippen molar-refractivity contribution in [2.24, 2.45) is 5.92 Å². The van der Waals surface area contributed by atoms with Crippen LogP contribution in [0.2, 0.25) is 5.02 Å². The van der Waals surface area contributed by atoms with Gasteiger partial charge >= 0.3 is 0 Å². The Bertz CT molecular complexity index is 763. The first kappa shape index (κ1) is 15.5. The summed E-state index contributed by atoms with van der Waals surface area (Å²) >= 11 is 5.97. The Morgan fingerprint density at radius 1 is 1.30 bits per heavy atom. The van der Waals surface area contributed by atoms with Gasteiger partial charge in [0.1, 0.15) is 5.82 Å². The summed E-state index contributed by atoms with van der Waals surface area (Å²) in [6, 6.07) is 12.5. The number of benzene rings is 1. The highest BCUT2D eigenvalue weighted by molar-refractivity contribution is 6.31. The first-order chi connectivity index (χ1) is 11.0. The maximum Gasteiger partial charge on any atom is 0.230 e. The lowest BCUT2D eigenvalue weighted by Gasteiger charge is -2.17. The van der Waals surface area contributed by atoms with Crippen molar-refractivity contribution in [1.82, 2.24) is 4.98 Å². The maximum atomic E-state index is 12.4. The number of hydrogen-bond acceptors (Lipinski definition) is 3. The molecule has 0 bridgehead atoms. The molecule has 6 heteroatoms. The van der Waals surface area contributed by atoms with Gasteiger partial charge in [-0.05, 0) is 37.3 Å². The molecule has 0 spiro atoms. The summed E-state index contributed by atoms with van der Waals surface area (Å²) in [7, 11) is 0. The van der Waals surface area contributed by atoms with E-state index in [9.17, 15) is 9.59 Å². The number of nitrogens with one attached hydrogen (secondary N) is 1. The average molecular weight is 330 g/mol. The quantitative estimate of drug-likeness (QED) is 0.941. The number of aromatic nitrogens is 1. The zero-order valence-electron chi connectivity index (χ0n) is 12.6. The van der Waals surface area contributed by atoms with Gasteiger partial charge in [0.25, 0.3) is 0 Å². The van der Waals surface area contributed by atoms with Crippen molar-refractivity contribution >= 4 is 34.9 Å². The van der Waals surface area contributed by atoms with Crippen molar-refractivity contribution < 1.29 is 9.59 Å². The Labute approximate surface area is 139 Å². The van der Waals surface area contributed by atoms with Gasteiger partial charge in [-0.15, -0.1) is 0 Å². The number of amides is 2. The third-order valence-corrected chi connectivity index (χ3v) is 3.99. The molecule has 1 fully saturated rings. The van der Waals surface area contributed by atoms with Gasteiger partial charge in [-0.25, -0.2) is 4.98 Å². The molecule has 1 atom stereocenters. The highest BCUT2D eigenvalue weighted by atomic mass is 35.5. The number of nitrogens with zero attached hydrogens (tertiary/aromatic N) is 2. The van der Waals surface area contributed by atoms with Crippen molar-refractivity contribution in [2.75, 3.05) is 16.8 Å². The van der Waals surface area contributed by atoms with Crippen molar-refractivity contribution in [2.45, 2.75) is 13.3 Å². The van der Waals surface area contributed by atoms with Crippen LogP contribution in [0.5, 0.6) is 0 Å². The molecular weight excluding hydrogens is 314 g/mol. The van der Waals surface area contributed by atoms with Crippen LogP contribution in [0.4, 0.5) is 11.5 Å². The van der Waals surface area contributed by atoms with E-state index in [4.69, 9.17) is 11.6 Å². The molecule has 1 aromatic carbocycles. The van der Waals surface area contributed by atoms with Crippen LogP contribution in [0.15, 0.2) is 42.5 Å². The highest BCUT2D eigenvalue weighted by Crippen LogP contribution is 2.27. The summed E-state index contributed by atoms with van der Waals surface area (Å²) in [5.74, 6) is -0.168. The highest BCUT2D eigenvalue weighted by Gasteiger charge is 2.35. The fourth-order valence-corrected chi connectivity index (χ4v) is 2.80. The number of aryl methyl sites for hydroxylation is 1. The minimum atomic E-state index is -0.399. The lowest BCUT2D eigenvalue weighted by Crippen LogP contribution is -2.28. The van der Waals surface area contributed by atoms with Gasteiger partial charge in [-0.3, -0.25) is 9.59 Å². The Hall–Kier alpha value is -2.40. The van der Waals surface area contributed by atoms with Crippen molar-refractivity contribution in [3.05, 3.63) is 53.2 Å². The Kier molecular flexibility index (Phi) is 4.30. The molecule has 1 N–H and O–H groups in total. The number of rotatable bonds is 3. The van der Waals surface area contributed by atoms with Gasteiger partial charge in [-0.2, -0.15) is 0 Å². The van der Waals surface area contributed by atoms with Crippen LogP contribution in [-0.2, 0) is 9.59 Å². The maximum absolute atomic E-state index is 12.4. The van der Waals surface area contributed by atoms with Crippen LogP contribution < -0.4 is 10.2 Å². The molecule has 23 heavy (non-hydrogen) atoms. The van der Waals surface area contributed by atoms with E-state index in [1.807, 2.05) is 25.1 Å². The molecule has 2 heterocycles. The fraction of sp³-hybridized carbons (Fsp3) is 0.235.